The van der Waals surface area contributed by atoms with Crippen LogP contribution in [-0.2, 0) is 15.0 Å². The predicted octanol–water partition coefficient (Wildman–Crippen LogP) is 3.51. The van der Waals surface area contributed by atoms with Gasteiger partial charge >= 0.3 is 12.1 Å². The van der Waals surface area contributed by atoms with Gasteiger partial charge in [0.05, 0.1) is 0 Å². The number of carbonyl (C=O) groups excluding carboxylic acids is 1. The molecule has 0 heterocycles. The quantitative estimate of drug-likeness (QED) is 0.284. The first-order valence-electron chi connectivity index (χ1n) is 12.5. The number of hydroxylamine groups is 1. The number of halogens is 3. The van der Waals surface area contributed by atoms with Gasteiger partial charge in [0.25, 0.3) is 0 Å². The topological polar surface area (TPSA) is 124 Å². The van der Waals surface area contributed by atoms with Gasteiger partial charge < -0.3 is 19.7 Å². The average molecular weight is 534 g/mol. The van der Waals surface area contributed by atoms with Gasteiger partial charge in [0.2, 0.25) is 6.73 Å². The lowest BCUT2D eigenvalue weighted by Crippen LogP contribution is -2.82. The molecule has 38 heavy (non-hydrogen) atoms. The molecule has 4 bridgehead atoms. The monoisotopic (exact) mass is 533 g/mol. The summed E-state index contributed by atoms with van der Waals surface area (Å²) in [6.07, 6.45) is 5.50. The molecule has 4 aliphatic carbocycles. The summed E-state index contributed by atoms with van der Waals surface area (Å²) in [5.41, 5.74) is 5.70. The summed E-state index contributed by atoms with van der Waals surface area (Å²) in [5.74, 6) is -0.531. The van der Waals surface area contributed by atoms with Crippen molar-refractivity contribution in [1.82, 2.24) is 0 Å². The first-order chi connectivity index (χ1) is 18.0. The number of quaternary nitrogens is 1. The van der Waals surface area contributed by atoms with Crippen LogP contribution in [0.25, 0.3) is 17.2 Å². The molecule has 0 saturated heterocycles. The zero-order valence-corrected chi connectivity index (χ0v) is 20.6. The Bertz CT molecular complexity index is 1160. The maximum Gasteiger partial charge on any atom is 0.430 e. The second-order valence-corrected chi connectivity index (χ2v) is 10.5. The molecule has 204 valence electrons. The third-order valence-corrected chi connectivity index (χ3v) is 7.80. The minimum absolute atomic E-state index is 0.194. The van der Waals surface area contributed by atoms with Crippen molar-refractivity contribution in [3.8, 4) is 16.9 Å². The highest BCUT2D eigenvalue weighted by molar-refractivity contribution is 5.85. The van der Waals surface area contributed by atoms with Crippen LogP contribution in [0.3, 0.4) is 0 Å². The molecule has 4 saturated carbocycles. The zero-order chi connectivity index (χ0) is 27.5. The Balaban J connectivity index is 0.000000426. The molecule has 4 fully saturated rings. The fraction of sp³-hybridized carbons (Fsp3) is 0.429. The number of carboxylic acid groups (broad SMARTS) is 2. The summed E-state index contributed by atoms with van der Waals surface area (Å²) in [7, 11) is 0. The van der Waals surface area contributed by atoms with Gasteiger partial charge in [0.15, 0.2) is 0 Å². The third-order valence-electron chi connectivity index (χ3n) is 7.80. The number of carbonyl (C=O) groups is 2. The number of carboxylic acids is 2. The van der Waals surface area contributed by atoms with Crippen molar-refractivity contribution in [3.05, 3.63) is 59.7 Å². The Morgan fingerprint density at radius 3 is 2.00 bits per heavy atom. The van der Waals surface area contributed by atoms with Crippen molar-refractivity contribution in [2.45, 2.75) is 50.1 Å². The number of aliphatic carboxylic acids is 2. The van der Waals surface area contributed by atoms with Crippen molar-refractivity contribution >= 4 is 18.0 Å². The van der Waals surface area contributed by atoms with Crippen LogP contribution in [-0.4, -0.2) is 35.2 Å². The lowest BCUT2D eigenvalue weighted by atomic mass is 9.48. The summed E-state index contributed by atoms with van der Waals surface area (Å²) < 4.78 is 37.5. The zero-order valence-electron chi connectivity index (χ0n) is 20.6. The van der Waals surface area contributed by atoms with E-state index in [0.29, 0.717) is 0 Å². The molecule has 0 aliphatic heterocycles. The summed E-state index contributed by atoms with van der Waals surface area (Å²) in [5, 5.41) is 26.8. The molecule has 4 N–H and O–H groups in total. The van der Waals surface area contributed by atoms with E-state index in [9.17, 15) is 23.2 Å². The van der Waals surface area contributed by atoms with E-state index in [0.717, 1.165) is 51.7 Å². The van der Waals surface area contributed by atoms with Crippen molar-refractivity contribution in [1.29, 1.82) is 0 Å². The Hall–Kier alpha value is -3.37. The Morgan fingerprint density at radius 2 is 1.53 bits per heavy atom. The van der Waals surface area contributed by atoms with Gasteiger partial charge in [-0.15, -0.1) is 0 Å². The van der Waals surface area contributed by atoms with E-state index in [1.54, 1.807) is 6.08 Å². The number of ether oxygens (including phenoxy) is 1. The molecular formula is C28H30F3NO6. The molecule has 0 radical (unpaired) electrons. The maximum absolute atomic E-state index is 10.8. The minimum Gasteiger partial charge on any atom is -0.542 e. The molecular weight excluding hydrogens is 503 g/mol. The first-order valence-corrected chi connectivity index (χ1v) is 12.5. The highest BCUT2D eigenvalue weighted by Gasteiger charge is 2.52. The molecule has 4 aliphatic rings. The minimum atomic E-state index is -5.19. The van der Waals surface area contributed by atoms with Gasteiger partial charge in [-0.1, -0.05) is 30.3 Å². The van der Waals surface area contributed by atoms with Crippen LogP contribution in [0.5, 0.6) is 5.75 Å². The number of alkyl halides is 3. The second-order valence-electron chi connectivity index (χ2n) is 10.5. The Kier molecular flexibility index (Phi) is 8.13. The van der Waals surface area contributed by atoms with Gasteiger partial charge in [-0.3, -0.25) is 0 Å². The lowest BCUT2D eigenvalue weighted by Gasteiger charge is -2.57. The van der Waals surface area contributed by atoms with Crippen molar-refractivity contribution < 1.29 is 48.4 Å². The number of nitrogens with two attached hydrogens (primary N) is 1. The van der Waals surface area contributed by atoms with Gasteiger partial charge in [-0.25, -0.2) is 10.0 Å². The van der Waals surface area contributed by atoms with Crippen LogP contribution in [0.4, 0.5) is 13.2 Å². The summed E-state index contributed by atoms with van der Waals surface area (Å²) in [6, 6.07) is 14.4. The highest BCUT2D eigenvalue weighted by Crippen LogP contribution is 2.62. The van der Waals surface area contributed by atoms with Crippen molar-refractivity contribution in [2.24, 2.45) is 17.8 Å². The SMILES string of the molecule is O=C(O)/C=C/c1ccc(-c2ccc(OC[NH2+]O)c(C34CC5CC(CC(C5)C3)C4)c2)cc1.O=C([O-])C(F)(F)F. The van der Waals surface area contributed by atoms with E-state index in [2.05, 4.69) is 18.2 Å². The van der Waals surface area contributed by atoms with Crippen LogP contribution >= 0.6 is 0 Å². The van der Waals surface area contributed by atoms with E-state index in [1.165, 1.54) is 44.1 Å². The maximum atomic E-state index is 10.8. The first kappa shape index (κ1) is 27.7. The molecule has 0 atom stereocenters. The lowest BCUT2D eigenvalue weighted by molar-refractivity contribution is -0.900. The van der Waals surface area contributed by atoms with Crippen LogP contribution in [0, 0.1) is 17.8 Å². The number of benzene rings is 2. The third kappa shape index (κ3) is 6.36. The molecule has 0 unspecified atom stereocenters. The highest BCUT2D eigenvalue weighted by atomic mass is 19.4. The van der Waals surface area contributed by atoms with E-state index < -0.39 is 18.1 Å². The van der Waals surface area contributed by atoms with Gasteiger partial charge in [-0.2, -0.15) is 18.7 Å². The largest absolute Gasteiger partial charge is 0.542 e. The van der Waals surface area contributed by atoms with Crippen LogP contribution in [0.2, 0.25) is 0 Å². The molecule has 2 aromatic rings. The molecule has 0 spiro atoms. The van der Waals surface area contributed by atoms with E-state index >= 15 is 0 Å². The van der Waals surface area contributed by atoms with Gasteiger partial charge in [0.1, 0.15) is 11.7 Å². The van der Waals surface area contributed by atoms with E-state index in [4.69, 9.17) is 19.7 Å². The predicted molar refractivity (Wildman–Crippen MR) is 129 cm³/mol. The summed E-state index contributed by atoms with van der Waals surface area (Å²) in [4.78, 5) is 19.5. The molecule has 6 rings (SSSR count). The molecule has 0 aromatic heterocycles. The van der Waals surface area contributed by atoms with Crippen LogP contribution in [0.1, 0.15) is 49.7 Å². The van der Waals surface area contributed by atoms with Crippen LogP contribution in [0.15, 0.2) is 48.5 Å². The normalized spacial score (nSPS) is 25.6. The number of hydrogen-bond acceptors (Lipinski definition) is 5. The second kappa shape index (κ2) is 11.2. The number of rotatable bonds is 7. The molecule has 2 aromatic carbocycles. The van der Waals surface area contributed by atoms with E-state index in [1.807, 2.05) is 24.3 Å². The Morgan fingerprint density at radius 1 is 1.00 bits per heavy atom. The molecule has 10 heteroatoms. The number of hydrogen-bond donors (Lipinski definition) is 3. The fourth-order valence-electron chi connectivity index (χ4n) is 6.77. The van der Waals surface area contributed by atoms with Crippen molar-refractivity contribution in [3.63, 3.8) is 0 Å². The average Bonchev–Trinajstić information content (AvgIpc) is 2.85. The summed E-state index contributed by atoms with van der Waals surface area (Å²) in [6.45, 7) is 0.198. The van der Waals surface area contributed by atoms with Crippen molar-refractivity contribution in [2.75, 3.05) is 6.73 Å². The van der Waals surface area contributed by atoms with Crippen LogP contribution < -0.4 is 15.3 Å². The van der Waals surface area contributed by atoms with Gasteiger partial charge in [0, 0.05) is 11.6 Å². The van der Waals surface area contributed by atoms with Gasteiger partial charge in [-0.05, 0) is 96.6 Å². The smallest absolute Gasteiger partial charge is 0.430 e. The van der Waals surface area contributed by atoms with E-state index in [-0.39, 0.29) is 12.1 Å². The molecule has 0 amide bonds. The molecule has 7 nitrogen and oxygen atoms in total. The standard InChI is InChI=1S/C26H29NO4.C2HF3O2/c28-25(29)8-3-17-1-4-21(5-2-17)22-6-7-24(31-16-27-30)23(12-22)26-13-18-9-19(14-26)11-20(10-18)15-26;3-2(4,5)1(6)7/h1-8,12,18-20,27,30H,9-11,13-16H2,(H,28,29);(H,6,7)/b8-3+;. The Labute approximate surface area is 217 Å². The fourth-order valence-corrected chi connectivity index (χ4v) is 6.77. The summed E-state index contributed by atoms with van der Waals surface area (Å²) >= 11 is 0.